The molecule has 0 saturated carbocycles. The van der Waals surface area contributed by atoms with Gasteiger partial charge in [0.2, 0.25) is 5.89 Å². The maximum atomic E-state index is 5.47. The van der Waals surface area contributed by atoms with Crippen molar-refractivity contribution in [3.05, 3.63) is 11.7 Å². The van der Waals surface area contributed by atoms with Gasteiger partial charge >= 0.3 is 0 Å². The van der Waals surface area contributed by atoms with Crippen LogP contribution in [0.1, 0.15) is 62.2 Å². The molecule has 2 atom stereocenters. The molecule has 3 rings (SSSR count). The van der Waals surface area contributed by atoms with Gasteiger partial charge in [-0.2, -0.15) is 16.7 Å². The summed E-state index contributed by atoms with van der Waals surface area (Å²) in [5.41, 5.74) is 0. The fourth-order valence-corrected chi connectivity index (χ4v) is 3.81. The van der Waals surface area contributed by atoms with E-state index in [2.05, 4.69) is 27.2 Å². The summed E-state index contributed by atoms with van der Waals surface area (Å²) in [4.78, 5) is 4.65. The van der Waals surface area contributed by atoms with Crippen LogP contribution < -0.4 is 5.32 Å². The van der Waals surface area contributed by atoms with E-state index in [9.17, 15) is 0 Å². The summed E-state index contributed by atoms with van der Waals surface area (Å²) < 4.78 is 5.47. The van der Waals surface area contributed by atoms with E-state index in [0.717, 1.165) is 24.7 Å². The second-order valence-corrected chi connectivity index (χ2v) is 6.46. The molecule has 2 aliphatic rings. The van der Waals surface area contributed by atoms with E-state index in [-0.39, 0.29) is 0 Å². The monoisotopic (exact) mass is 267 g/mol. The van der Waals surface area contributed by atoms with Crippen LogP contribution in [0.15, 0.2) is 4.52 Å². The lowest BCUT2D eigenvalue weighted by atomic mass is 10.00. The lowest BCUT2D eigenvalue weighted by Crippen LogP contribution is -2.27. The van der Waals surface area contributed by atoms with Crippen LogP contribution in [0.2, 0.25) is 0 Å². The van der Waals surface area contributed by atoms with Gasteiger partial charge in [0.15, 0.2) is 5.82 Å². The third kappa shape index (κ3) is 2.88. The maximum absolute atomic E-state index is 5.47. The van der Waals surface area contributed by atoms with Gasteiger partial charge in [0, 0.05) is 5.92 Å². The Hall–Kier alpha value is -0.550. The molecule has 0 aliphatic carbocycles. The van der Waals surface area contributed by atoms with E-state index in [4.69, 9.17) is 4.52 Å². The zero-order chi connectivity index (χ0) is 12.2. The third-order valence-electron chi connectivity index (χ3n) is 3.88. The quantitative estimate of drug-likeness (QED) is 0.893. The van der Waals surface area contributed by atoms with Crippen LogP contribution in [0.5, 0.6) is 0 Å². The van der Waals surface area contributed by atoms with Gasteiger partial charge in [-0.3, -0.25) is 0 Å². The molecule has 0 radical (unpaired) electrons. The standard InChI is InChI=1S/C13H21N3OS/c1-2-7-14-11(5-1)13-15-12(16-17-13)10-4-3-8-18-9-6-10/h10-11,14H,1-9H2/t10-,11+/m0/s1. The Labute approximate surface area is 112 Å². The van der Waals surface area contributed by atoms with Crippen LogP contribution in [-0.4, -0.2) is 28.2 Å². The maximum Gasteiger partial charge on any atom is 0.243 e. The topological polar surface area (TPSA) is 51.0 Å². The average Bonchev–Trinajstić information content (AvgIpc) is 2.76. The van der Waals surface area contributed by atoms with E-state index >= 15 is 0 Å². The number of hydrogen-bond donors (Lipinski definition) is 1. The first kappa shape index (κ1) is 12.5. The first-order chi connectivity index (χ1) is 8.93. The molecule has 1 N–H and O–H groups in total. The lowest BCUT2D eigenvalue weighted by molar-refractivity contribution is 0.295. The number of nitrogens with zero attached hydrogens (tertiary/aromatic N) is 2. The summed E-state index contributed by atoms with van der Waals surface area (Å²) in [7, 11) is 0. The molecule has 1 aromatic rings. The predicted octanol–water partition coefficient (Wildman–Crippen LogP) is 2.88. The molecule has 2 fully saturated rings. The van der Waals surface area contributed by atoms with Crippen molar-refractivity contribution in [2.45, 2.75) is 50.5 Å². The van der Waals surface area contributed by atoms with Crippen molar-refractivity contribution in [3.63, 3.8) is 0 Å². The van der Waals surface area contributed by atoms with Crippen molar-refractivity contribution in [2.75, 3.05) is 18.1 Å². The molecule has 1 aromatic heterocycles. The summed E-state index contributed by atoms with van der Waals surface area (Å²) in [5, 5.41) is 7.68. The molecule has 100 valence electrons. The zero-order valence-electron chi connectivity index (χ0n) is 10.7. The molecule has 0 bridgehead atoms. The number of nitrogens with one attached hydrogen (secondary N) is 1. The molecule has 0 unspecified atom stereocenters. The molecule has 18 heavy (non-hydrogen) atoms. The van der Waals surface area contributed by atoms with Gasteiger partial charge in [0.1, 0.15) is 0 Å². The van der Waals surface area contributed by atoms with E-state index in [1.807, 2.05) is 0 Å². The number of hydrogen-bond acceptors (Lipinski definition) is 5. The molecule has 5 heteroatoms. The Morgan fingerprint density at radius 1 is 1.11 bits per heavy atom. The van der Waals surface area contributed by atoms with Gasteiger partial charge in [-0.15, -0.1) is 0 Å². The van der Waals surface area contributed by atoms with Gasteiger partial charge in [-0.25, -0.2) is 0 Å². The van der Waals surface area contributed by atoms with Crippen molar-refractivity contribution in [1.82, 2.24) is 15.5 Å². The highest BCUT2D eigenvalue weighted by Crippen LogP contribution is 2.30. The van der Waals surface area contributed by atoms with Gasteiger partial charge < -0.3 is 9.84 Å². The molecular formula is C13H21N3OS. The van der Waals surface area contributed by atoms with Crippen molar-refractivity contribution in [2.24, 2.45) is 0 Å². The Morgan fingerprint density at radius 2 is 2.11 bits per heavy atom. The summed E-state index contributed by atoms with van der Waals surface area (Å²) in [6.45, 7) is 1.07. The second kappa shape index (κ2) is 6.06. The smallest absolute Gasteiger partial charge is 0.243 e. The molecule has 2 aliphatic heterocycles. The summed E-state index contributed by atoms with van der Waals surface area (Å²) >= 11 is 2.05. The molecule has 0 amide bonds. The van der Waals surface area contributed by atoms with E-state index in [0.29, 0.717) is 12.0 Å². The number of rotatable bonds is 2. The minimum absolute atomic E-state index is 0.292. The van der Waals surface area contributed by atoms with Crippen LogP contribution in [0.25, 0.3) is 0 Å². The Kier molecular flexibility index (Phi) is 4.20. The zero-order valence-corrected chi connectivity index (χ0v) is 11.5. The van der Waals surface area contributed by atoms with Crippen molar-refractivity contribution >= 4 is 11.8 Å². The van der Waals surface area contributed by atoms with E-state index in [1.54, 1.807) is 0 Å². The van der Waals surface area contributed by atoms with Crippen LogP contribution >= 0.6 is 11.8 Å². The molecule has 4 nitrogen and oxygen atoms in total. The second-order valence-electron chi connectivity index (χ2n) is 5.23. The summed E-state index contributed by atoms with van der Waals surface area (Å²) in [5.74, 6) is 4.78. The largest absolute Gasteiger partial charge is 0.338 e. The highest BCUT2D eigenvalue weighted by atomic mass is 32.2. The van der Waals surface area contributed by atoms with Gasteiger partial charge in [-0.05, 0) is 50.2 Å². The van der Waals surface area contributed by atoms with Gasteiger partial charge in [-0.1, -0.05) is 11.6 Å². The number of thioether (sulfide) groups is 1. The van der Waals surface area contributed by atoms with Gasteiger partial charge in [0.25, 0.3) is 0 Å². The van der Waals surface area contributed by atoms with Crippen LogP contribution in [-0.2, 0) is 0 Å². The predicted molar refractivity (Wildman–Crippen MR) is 72.8 cm³/mol. The first-order valence-corrected chi connectivity index (χ1v) is 8.23. The molecule has 0 aromatic carbocycles. The highest BCUT2D eigenvalue weighted by Gasteiger charge is 2.24. The Bertz CT molecular complexity index is 368. The van der Waals surface area contributed by atoms with Crippen molar-refractivity contribution in [1.29, 1.82) is 0 Å². The van der Waals surface area contributed by atoms with Crippen LogP contribution in [0.4, 0.5) is 0 Å². The molecule has 3 heterocycles. The Balaban J connectivity index is 1.67. The molecule has 0 spiro atoms. The third-order valence-corrected chi connectivity index (χ3v) is 4.98. The number of piperidine rings is 1. The summed E-state index contributed by atoms with van der Waals surface area (Å²) in [6, 6.07) is 0.292. The van der Waals surface area contributed by atoms with Crippen LogP contribution in [0, 0.1) is 0 Å². The molecular weight excluding hydrogens is 246 g/mol. The minimum atomic E-state index is 0.292. The van der Waals surface area contributed by atoms with E-state index < -0.39 is 0 Å². The fourth-order valence-electron chi connectivity index (χ4n) is 2.78. The SMILES string of the molecule is C1CC[C@H](c2nc([C@H]3CCCSCC3)no2)NC1. The van der Waals surface area contributed by atoms with E-state index in [1.165, 1.54) is 43.6 Å². The average molecular weight is 267 g/mol. The normalized spacial score (nSPS) is 30.0. The number of aromatic nitrogens is 2. The summed E-state index contributed by atoms with van der Waals surface area (Å²) in [6.07, 6.45) is 7.33. The van der Waals surface area contributed by atoms with Crippen molar-refractivity contribution in [3.8, 4) is 0 Å². The first-order valence-electron chi connectivity index (χ1n) is 7.08. The minimum Gasteiger partial charge on any atom is -0.338 e. The fraction of sp³-hybridized carbons (Fsp3) is 0.846. The Morgan fingerprint density at radius 3 is 3.00 bits per heavy atom. The van der Waals surface area contributed by atoms with Gasteiger partial charge in [0.05, 0.1) is 6.04 Å². The van der Waals surface area contributed by atoms with Crippen molar-refractivity contribution < 1.29 is 4.52 Å². The highest BCUT2D eigenvalue weighted by molar-refractivity contribution is 7.99. The molecule has 2 saturated heterocycles. The lowest BCUT2D eigenvalue weighted by Gasteiger charge is -2.19. The van der Waals surface area contributed by atoms with Crippen LogP contribution in [0.3, 0.4) is 0 Å².